The predicted octanol–water partition coefficient (Wildman–Crippen LogP) is 3.26. The molecule has 0 aromatic heterocycles. The van der Waals surface area contributed by atoms with Gasteiger partial charge in [0.05, 0.1) is 5.41 Å². The number of carboxylic acid groups (broad SMARTS) is 2. The van der Waals surface area contributed by atoms with Crippen molar-refractivity contribution in [3.05, 3.63) is 23.3 Å². The molecule has 0 aliphatic heterocycles. The van der Waals surface area contributed by atoms with E-state index < -0.39 is 23.3 Å². The third-order valence-corrected chi connectivity index (χ3v) is 4.38. The van der Waals surface area contributed by atoms with E-state index in [9.17, 15) is 19.8 Å². The van der Waals surface area contributed by atoms with Gasteiger partial charge in [0.15, 0.2) is 0 Å². The number of rotatable bonds is 9. The van der Waals surface area contributed by atoms with E-state index in [4.69, 9.17) is 4.74 Å². The maximum Gasteiger partial charge on any atom is 0.332 e. The Morgan fingerprint density at radius 2 is 2.00 bits per heavy atom. The van der Waals surface area contributed by atoms with E-state index in [-0.39, 0.29) is 5.57 Å². The molecule has 0 saturated heterocycles. The standard InChI is InChI=1S/C17H26O5/c1-4-5-7-12-9-10-17(2,16(20)21)13(8-6-11-22-3)14(12)15(18)19/h9-10,13H,4-8,11H2,1-3H3,(H,18,19)(H,20,21). The molecular weight excluding hydrogens is 284 g/mol. The summed E-state index contributed by atoms with van der Waals surface area (Å²) in [5.41, 5.74) is -0.163. The van der Waals surface area contributed by atoms with Crippen molar-refractivity contribution in [3.8, 4) is 0 Å². The summed E-state index contributed by atoms with van der Waals surface area (Å²) in [6.07, 6.45) is 7.00. The van der Waals surface area contributed by atoms with E-state index in [2.05, 4.69) is 0 Å². The molecule has 0 aromatic carbocycles. The molecule has 0 amide bonds. The van der Waals surface area contributed by atoms with Crippen molar-refractivity contribution < 1.29 is 24.5 Å². The lowest BCUT2D eigenvalue weighted by Gasteiger charge is -2.36. The van der Waals surface area contributed by atoms with Gasteiger partial charge < -0.3 is 14.9 Å². The zero-order valence-corrected chi connectivity index (χ0v) is 13.6. The zero-order chi connectivity index (χ0) is 16.8. The van der Waals surface area contributed by atoms with Crippen LogP contribution in [0.4, 0.5) is 0 Å². The number of hydrogen-bond acceptors (Lipinski definition) is 3. The van der Waals surface area contributed by atoms with Gasteiger partial charge in [0.25, 0.3) is 0 Å². The molecule has 2 atom stereocenters. The molecule has 124 valence electrons. The summed E-state index contributed by atoms with van der Waals surface area (Å²) in [6, 6.07) is 0. The van der Waals surface area contributed by atoms with Gasteiger partial charge in [0.2, 0.25) is 0 Å². The van der Waals surface area contributed by atoms with Crippen molar-refractivity contribution in [2.24, 2.45) is 11.3 Å². The summed E-state index contributed by atoms with van der Waals surface area (Å²) in [5.74, 6) is -2.53. The molecule has 1 aliphatic rings. The number of allylic oxidation sites excluding steroid dienone is 2. The molecule has 22 heavy (non-hydrogen) atoms. The largest absolute Gasteiger partial charge is 0.481 e. The number of ether oxygens (including phenoxy) is 1. The minimum Gasteiger partial charge on any atom is -0.481 e. The highest BCUT2D eigenvalue weighted by Gasteiger charge is 2.45. The second kappa shape index (κ2) is 8.13. The maximum absolute atomic E-state index is 11.8. The lowest BCUT2D eigenvalue weighted by Crippen LogP contribution is -2.39. The summed E-state index contributed by atoms with van der Waals surface area (Å²) in [6.45, 7) is 4.14. The fourth-order valence-corrected chi connectivity index (χ4v) is 2.97. The van der Waals surface area contributed by atoms with Crippen molar-refractivity contribution in [3.63, 3.8) is 0 Å². The van der Waals surface area contributed by atoms with Crippen LogP contribution in [0.25, 0.3) is 0 Å². The first-order valence-corrected chi connectivity index (χ1v) is 7.76. The van der Waals surface area contributed by atoms with Crippen LogP contribution >= 0.6 is 0 Å². The Kier molecular flexibility index (Phi) is 6.81. The van der Waals surface area contributed by atoms with Gasteiger partial charge in [-0.15, -0.1) is 0 Å². The van der Waals surface area contributed by atoms with Gasteiger partial charge in [-0.25, -0.2) is 4.79 Å². The Labute approximate surface area is 131 Å². The van der Waals surface area contributed by atoms with Crippen molar-refractivity contribution in [1.82, 2.24) is 0 Å². The van der Waals surface area contributed by atoms with Crippen LogP contribution in [0.15, 0.2) is 23.3 Å². The van der Waals surface area contributed by atoms with Crippen LogP contribution < -0.4 is 0 Å². The van der Waals surface area contributed by atoms with Gasteiger partial charge >= 0.3 is 11.9 Å². The van der Waals surface area contributed by atoms with Gasteiger partial charge in [-0.3, -0.25) is 4.79 Å². The number of aliphatic carboxylic acids is 2. The van der Waals surface area contributed by atoms with Crippen molar-refractivity contribution >= 4 is 11.9 Å². The number of methoxy groups -OCH3 is 1. The molecule has 0 radical (unpaired) electrons. The first kappa shape index (κ1) is 18.4. The minimum absolute atomic E-state index is 0.261. The second-order valence-electron chi connectivity index (χ2n) is 5.96. The molecule has 0 heterocycles. The number of hydrogen-bond donors (Lipinski definition) is 2. The molecular formula is C17H26O5. The van der Waals surface area contributed by atoms with E-state index in [0.717, 1.165) is 18.4 Å². The molecule has 0 fully saturated rings. The average molecular weight is 310 g/mol. The van der Waals surface area contributed by atoms with Gasteiger partial charge in [-0.2, -0.15) is 0 Å². The van der Waals surface area contributed by atoms with Crippen LogP contribution in [-0.4, -0.2) is 35.9 Å². The third-order valence-electron chi connectivity index (χ3n) is 4.38. The van der Waals surface area contributed by atoms with Crippen LogP contribution in [0.2, 0.25) is 0 Å². The first-order valence-electron chi connectivity index (χ1n) is 7.76. The highest BCUT2D eigenvalue weighted by atomic mass is 16.5. The van der Waals surface area contributed by atoms with E-state index in [1.807, 2.05) is 6.92 Å². The molecule has 2 unspecified atom stereocenters. The van der Waals surface area contributed by atoms with E-state index in [0.29, 0.717) is 25.9 Å². The summed E-state index contributed by atoms with van der Waals surface area (Å²) in [7, 11) is 1.58. The molecule has 0 aromatic rings. The Morgan fingerprint density at radius 3 is 2.50 bits per heavy atom. The number of carboxylic acids is 2. The monoisotopic (exact) mass is 310 g/mol. The summed E-state index contributed by atoms with van der Waals surface area (Å²) < 4.78 is 5.02. The van der Waals surface area contributed by atoms with E-state index in [1.165, 1.54) is 0 Å². The molecule has 1 rings (SSSR count). The van der Waals surface area contributed by atoms with Crippen molar-refractivity contribution in [2.45, 2.75) is 46.0 Å². The Balaban J connectivity index is 3.20. The van der Waals surface area contributed by atoms with Crippen LogP contribution in [0.1, 0.15) is 46.0 Å². The van der Waals surface area contributed by atoms with Crippen molar-refractivity contribution in [1.29, 1.82) is 0 Å². The maximum atomic E-state index is 11.8. The van der Waals surface area contributed by atoms with Gasteiger partial charge in [-0.1, -0.05) is 25.5 Å². The Bertz CT molecular complexity index is 477. The summed E-state index contributed by atoms with van der Waals surface area (Å²) in [4.78, 5) is 23.5. The topological polar surface area (TPSA) is 83.8 Å². The third kappa shape index (κ3) is 3.97. The number of carbonyl (C=O) groups is 2. The lowest BCUT2D eigenvalue weighted by atomic mass is 9.66. The summed E-state index contributed by atoms with van der Waals surface area (Å²) >= 11 is 0. The van der Waals surface area contributed by atoms with Gasteiger partial charge in [0, 0.05) is 25.2 Å². The molecule has 0 bridgehead atoms. The van der Waals surface area contributed by atoms with Crippen molar-refractivity contribution in [2.75, 3.05) is 13.7 Å². The minimum atomic E-state index is -1.18. The van der Waals surface area contributed by atoms with E-state index >= 15 is 0 Å². The van der Waals surface area contributed by atoms with Crippen LogP contribution in [0, 0.1) is 11.3 Å². The van der Waals surface area contributed by atoms with Crippen LogP contribution in [0.3, 0.4) is 0 Å². The van der Waals surface area contributed by atoms with Crippen LogP contribution in [-0.2, 0) is 14.3 Å². The SMILES string of the molecule is CCCCC1=C(C(=O)O)C(CCCOC)C(C)(C(=O)O)C=C1. The molecule has 0 spiro atoms. The molecule has 0 saturated carbocycles. The average Bonchev–Trinajstić information content (AvgIpc) is 2.47. The smallest absolute Gasteiger partial charge is 0.332 e. The molecule has 2 N–H and O–H groups in total. The molecule has 1 aliphatic carbocycles. The Morgan fingerprint density at radius 1 is 1.32 bits per heavy atom. The van der Waals surface area contributed by atoms with Gasteiger partial charge in [-0.05, 0) is 38.2 Å². The fourth-order valence-electron chi connectivity index (χ4n) is 2.97. The van der Waals surface area contributed by atoms with Crippen LogP contribution in [0.5, 0.6) is 0 Å². The zero-order valence-electron chi connectivity index (χ0n) is 13.6. The highest BCUT2D eigenvalue weighted by Crippen LogP contribution is 2.44. The molecule has 5 nitrogen and oxygen atoms in total. The normalized spacial score (nSPS) is 24.6. The number of unbranched alkanes of at least 4 members (excludes halogenated alkanes) is 1. The van der Waals surface area contributed by atoms with Gasteiger partial charge in [0.1, 0.15) is 0 Å². The molecule has 5 heteroatoms. The quantitative estimate of drug-likeness (QED) is 0.639. The summed E-state index contributed by atoms with van der Waals surface area (Å²) in [5, 5.41) is 19.2. The van der Waals surface area contributed by atoms with E-state index in [1.54, 1.807) is 26.2 Å². The second-order valence-corrected chi connectivity index (χ2v) is 5.96. The lowest BCUT2D eigenvalue weighted by molar-refractivity contribution is -0.148. The first-order chi connectivity index (χ1) is 10.4. The fraction of sp³-hybridized carbons (Fsp3) is 0.647. The highest BCUT2D eigenvalue weighted by molar-refractivity contribution is 5.92. The Hall–Kier alpha value is -1.62. The predicted molar refractivity (Wildman–Crippen MR) is 83.7 cm³/mol.